The molecule has 2 aromatic carbocycles. The zero-order valence-corrected chi connectivity index (χ0v) is 16.6. The zero-order valence-electron chi connectivity index (χ0n) is 16.6. The molecule has 2 heterocycles. The number of oxazole rings is 1. The Bertz CT molecular complexity index is 1230. The van der Waals surface area contributed by atoms with Gasteiger partial charge in [-0.3, -0.25) is 9.89 Å². The number of nitrogens with zero attached hydrogens (tertiary/aromatic N) is 3. The Morgan fingerprint density at radius 3 is 2.90 bits per heavy atom. The highest BCUT2D eigenvalue weighted by Crippen LogP contribution is 2.38. The number of rotatable bonds is 7. The van der Waals surface area contributed by atoms with Gasteiger partial charge in [-0.1, -0.05) is 24.3 Å². The molecule has 0 atom stereocenters. The van der Waals surface area contributed by atoms with E-state index in [4.69, 9.17) is 4.42 Å². The van der Waals surface area contributed by atoms with E-state index in [1.165, 1.54) is 12.3 Å². The van der Waals surface area contributed by atoms with Gasteiger partial charge in [-0.2, -0.15) is 5.10 Å². The number of aromatic amines is 1. The molecule has 0 spiro atoms. The number of halogens is 1. The standard InChI is InChI=1S/C23H20FN5O2/c24-18-7-2-1-6-17(18)19-13-25-21(31-19)11-10-20(30)26-16-5-3-4-15(12-16)23-27-22(28-29-23)14-8-9-14/h1-7,12-14H,8-11H2,(H,26,30)(H,27,28,29). The number of amides is 1. The molecule has 1 aliphatic carbocycles. The van der Waals surface area contributed by atoms with E-state index < -0.39 is 0 Å². The molecule has 1 saturated carbocycles. The number of benzene rings is 2. The van der Waals surface area contributed by atoms with Gasteiger partial charge in [0.05, 0.1) is 11.8 Å². The third kappa shape index (κ3) is 4.37. The lowest BCUT2D eigenvalue weighted by Gasteiger charge is -2.05. The van der Waals surface area contributed by atoms with Crippen molar-refractivity contribution in [2.24, 2.45) is 0 Å². The minimum Gasteiger partial charge on any atom is -0.441 e. The molecule has 31 heavy (non-hydrogen) atoms. The summed E-state index contributed by atoms with van der Waals surface area (Å²) in [6.45, 7) is 0. The van der Waals surface area contributed by atoms with Crippen molar-refractivity contribution in [2.75, 3.05) is 5.32 Å². The van der Waals surface area contributed by atoms with Crippen molar-refractivity contribution in [1.29, 1.82) is 0 Å². The quantitative estimate of drug-likeness (QED) is 0.454. The number of aromatic nitrogens is 4. The minimum absolute atomic E-state index is 0.170. The second kappa shape index (κ2) is 8.14. The van der Waals surface area contributed by atoms with Crippen LogP contribution in [0.25, 0.3) is 22.7 Å². The van der Waals surface area contributed by atoms with E-state index in [9.17, 15) is 9.18 Å². The van der Waals surface area contributed by atoms with Crippen molar-refractivity contribution in [3.05, 3.63) is 72.3 Å². The van der Waals surface area contributed by atoms with Crippen molar-refractivity contribution in [2.45, 2.75) is 31.6 Å². The molecular weight excluding hydrogens is 397 g/mol. The number of aryl methyl sites for hydroxylation is 1. The molecule has 0 bridgehead atoms. The van der Waals surface area contributed by atoms with Crippen LogP contribution >= 0.6 is 0 Å². The maximum absolute atomic E-state index is 13.9. The van der Waals surface area contributed by atoms with Crippen LogP contribution in [0.2, 0.25) is 0 Å². The first-order chi connectivity index (χ1) is 15.2. The van der Waals surface area contributed by atoms with Crippen LogP contribution in [0.1, 0.15) is 36.9 Å². The molecule has 4 aromatic rings. The molecule has 2 N–H and O–H groups in total. The van der Waals surface area contributed by atoms with E-state index in [1.54, 1.807) is 18.2 Å². The molecule has 1 amide bonds. The Morgan fingerprint density at radius 1 is 1.19 bits per heavy atom. The van der Waals surface area contributed by atoms with E-state index >= 15 is 0 Å². The van der Waals surface area contributed by atoms with Gasteiger partial charge in [0.1, 0.15) is 11.6 Å². The van der Waals surface area contributed by atoms with Crippen LogP contribution in [0.15, 0.2) is 59.1 Å². The predicted octanol–water partition coefficient (Wildman–Crippen LogP) is 4.71. The number of carbonyl (C=O) groups excluding carboxylic acids is 1. The Kier molecular flexibility index (Phi) is 5.03. The van der Waals surface area contributed by atoms with Gasteiger partial charge >= 0.3 is 0 Å². The van der Waals surface area contributed by atoms with Crippen LogP contribution in [-0.2, 0) is 11.2 Å². The minimum atomic E-state index is -0.376. The van der Waals surface area contributed by atoms with Crippen molar-refractivity contribution in [3.8, 4) is 22.7 Å². The number of anilines is 1. The van der Waals surface area contributed by atoms with Crippen molar-refractivity contribution in [1.82, 2.24) is 20.2 Å². The summed E-state index contributed by atoms with van der Waals surface area (Å²) in [4.78, 5) is 21.1. The molecule has 156 valence electrons. The summed E-state index contributed by atoms with van der Waals surface area (Å²) in [7, 11) is 0. The van der Waals surface area contributed by atoms with Crippen LogP contribution in [0.3, 0.4) is 0 Å². The highest BCUT2D eigenvalue weighted by Gasteiger charge is 2.27. The van der Waals surface area contributed by atoms with E-state index in [1.807, 2.05) is 24.3 Å². The predicted molar refractivity (Wildman–Crippen MR) is 113 cm³/mol. The average molecular weight is 417 g/mol. The second-order valence-electron chi connectivity index (χ2n) is 7.55. The van der Waals surface area contributed by atoms with Gasteiger partial charge in [-0.05, 0) is 37.1 Å². The molecule has 0 radical (unpaired) electrons. The monoisotopic (exact) mass is 417 g/mol. The van der Waals surface area contributed by atoms with Crippen LogP contribution in [0.4, 0.5) is 10.1 Å². The van der Waals surface area contributed by atoms with Crippen molar-refractivity contribution in [3.63, 3.8) is 0 Å². The van der Waals surface area contributed by atoms with E-state index in [0.29, 0.717) is 41.1 Å². The van der Waals surface area contributed by atoms with Gasteiger partial charge in [0.25, 0.3) is 0 Å². The molecule has 5 rings (SSSR count). The van der Waals surface area contributed by atoms with Crippen LogP contribution in [0, 0.1) is 5.82 Å². The number of hydrogen-bond donors (Lipinski definition) is 2. The molecule has 0 saturated heterocycles. The SMILES string of the molecule is O=C(CCc1ncc(-c2ccccc2F)o1)Nc1cccc(-c2n[nH]c(C3CC3)n2)c1. The zero-order chi connectivity index (χ0) is 21.2. The maximum atomic E-state index is 13.9. The summed E-state index contributed by atoms with van der Waals surface area (Å²) in [5.74, 6) is 2.23. The van der Waals surface area contributed by atoms with Crippen molar-refractivity contribution < 1.29 is 13.6 Å². The van der Waals surface area contributed by atoms with Gasteiger partial charge in [0.2, 0.25) is 5.91 Å². The van der Waals surface area contributed by atoms with Crippen LogP contribution in [0.5, 0.6) is 0 Å². The third-order valence-corrected chi connectivity index (χ3v) is 5.13. The topological polar surface area (TPSA) is 96.7 Å². The lowest BCUT2D eigenvalue weighted by molar-refractivity contribution is -0.116. The Hall–Kier alpha value is -3.81. The largest absolute Gasteiger partial charge is 0.441 e. The lowest BCUT2D eigenvalue weighted by atomic mass is 10.2. The molecule has 7 nitrogen and oxygen atoms in total. The summed E-state index contributed by atoms with van der Waals surface area (Å²) in [6.07, 6.45) is 4.27. The fourth-order valence-corrected chi connectivity index (χ4v) is 3.33. The van der Waals surface area contributed by atoms with Crippen LogP contribution < -0.4 is 5.32 Å². The molecule has 1 fully saturated rings. The number of carbonyl (C=O) groups is 1. The average Bonchev–Trinajstić information content (AvgIpc) is 3.32. The Morgan fingerprint density at radius 2 is 2.06 bits per heavy atom. The van der Waals surface area contributed by atoms with E-state index in [2.05, 4.69) is 25.5 Å². The van der Waals surface area contributed by atoms with E-state index in [-0.39, 0.29) is 18.1 Å². The second-order valence-corrected chi connectivity index (χ2v) is 7.55. The smallest absolute Gasteiger partial charge is 0.224 e. The summed E-state index contributed by atoms with van der Waals surface area (Å²) < 4.78 is 19.5. The third-order valence-electron chi connectivity index (χ3n) is 5.13. The summed E-state index contributed by atoms with van der Waals surface area (Å²) in [5, 5.41) is 10.2. The Labute approximate surface area is 177 Å². The van der Waals surface area contributed by atoms with Gasteiger partial charge in [0.15, 0.2) is 17.5 Å². The molecular formula is C23H20FN5O2. The van der Waals surface area contributed by atoms with E-state index in [0.717, 1.165) is 24.2 Å². The first-order valence-corrected chi connectivity index (χ1v) is 10.2. The van der Waals surface area contributed by atoms with Gasteiger partial charge in [-0.25, -0.2) is 14.4 Å². The summed E-state index contributed by atoms with van der Waals surface area (Å²) in [5.41, 5.74) is 1.85. The molecule has 0 aliphatic heterocycles. The van der Waals surface area contributed by atoms with Gasteiger partial charge in [0, 0.05) is 30.0 Å². The normalized spacial score (nSPS) is 13.3. The first-order valence-electron chi connectivity index (χ1n) is 10.2. The van der Waals surface area contributed by atoms with Gasteiger partial charge < -0.3 is 9.73 Å². The number of H-pyrrole nitrogens is 1. The highest BCUT2D eigenvalue weighted by atomic mass is 19.1. The number of hydrogen-bond acceptors (Lipinski definition) is 5. The summed E-state index contributed by atoms with van der Waals surface area (Å²) >= 11 is 0. The Balaban J connectivity index is 1.20. The van der Waals surface area contributed by atoms with Gasteiger partial charge in [-0.15, -0.1) is 0 Å². The summed E-state index contributed by atoms with van der Waals surface area (Å²) in [6, 6.07) is 13.8. The molecule has 2 aromatic heterocycles. The molecule has 8 heteroatoms. The fourth-order valence-electron chi connectivity index (χ4n) is 3.33. The highest BCUT2D eigenvalue weighted by molar-refractivity contribution is 5.91. The number of nitrogens with one attached hydrogen (secondary N) is 2. The molecule has 1 aliphatic rings. The fraction of sp³-hybridized carbons (Fsp3) is 0.217. The molecule has 0 unspecified atom stereocenters. The first kappa shape index (κ1) is 19.2. The maximum Gasteiger partial charge on any atom is 0.224 e. The lowest BCUT2D eigenvalue weighted by Crippen LogP contribution is -2.12. The van der Waals surface area contributed by atoms with Crippen molar-refractivity contribution >= 4 is 11.6 Å². The van der Waals surface area contributed by atoms with Crippen LogP contribution in [-0.4, -0.2) is 26.1 Å².